The van der Waals surface area contributed by atoms with E-state index in [1.807, 2.05) is 36.4 Å². The second-order valence-corrected chi connectivity index (χ2v) is 9.13. The number of unbranched alkanes of at least 4 members (excludes halogenated alkanes) is 6. The summed E-state index contributed by atoms with van der Waals surface area (Å²) in [5, 5.41) is 2.14. The molecule has 0 spiro atoms. The molecule has 4 aromatic rings. The molecule has 37 heavy (non-hydrogen) atoms. The van der Waals surface area contributed by atoms with Gasteiger partial charge in [-0.1, -0.05) is 62.4 Å². The quantitative estimate of drug-likeness (QED) is 0.135. The predicted molar refractivity (Wildman–Crippen MR) is 145 cm³/mol. The molecule has 0 amide bonds. The van der Waals surface area contributed by atoms with E-state index in [-0.39, 0.29) is 11.6 Å². The molecule has 0 aliphatic rings. The Balaban J connectivity index is 1.04. The van der Waals surface area contributed by atoms with Gasteiger partial charge in [0.25, 0.3) is 0 Å². The third-order valence-corrected chi connectivity index (χ3v) is 6.35. The molecular formula is C32H31F2NO2. The van der Waals surface area contributed by atoms with Crippen LogP contribution in [-0.4, -0.2) is 13.2 Å². The van der Waals surface area contributed by atoms with E-state index in [0.29, 0.717) is 35.8 Å². The molecule has 0 radical (unpaired) electrons. The lowest BCUT2D eigenvalue weighted by Crippen LogP contribution is -1.98. The fourth-order valence-electron chi connectivity index (χ4n) is 4.29. The molecular weight excluding hydrogens is 468 g/mol. The summed E-state index contributed by atoms with van der Waals surface area (Å²) in [4.78, 5) is 3.47. The van der Waals surface area contributed by atoms with Crippen molar-refractivity contribution in [3.05, 3.63) is 102 Å². The molecule has 0 aliphatic carbocycles. The fourth-order valence-corrected chi connectivity index (χ4v) is 4.29. The van der Waals surface area contributed by atoms with E-state index in [2.05, 4.69) is 4.85 Å². The molecule has 0 heterocycles. The largest absolute Gasteiger partial charge is 0.494 e. The first kappa shape index (κ1) is 26.2. The van der Waals surface area contributed by atoms with Crippen LogP contribution < -0.4 is 9.47 Å². The maximum absolute atomic E-state index is 14.4. The first-order valence-electron chi connectivity index (χ1n) is 12.8. The highest BCUT2D eigenvalue weighted by atomic mass is 19.1. The van der Waals surface area contributed by atoms with Gasteiger partial charge in [0.2, 0.25) is 0 Å². The van der Waals surface area contributed by atoms with Crippen LogP contribution in [0.15, 0.2) is 78.9 Å². The van der Waals surface area contributed by atoms with Gasteiger partial charge in [-0.25, -0.2) is 13.6 Å². The van der Waals surface area contributed by atoms with Gasteiger partial charge in [-0.3, -0.25) is 0 Å². The van der Waals surface area contributed by atoms with Crippen molar-refractivity contribution in [2.75, 3.05) is 13.2 Å². The van der Waals surface area contributed by atoms with Crippen LogP contribution in [0.25, 0.3) is 26.7 Å². The highest BCUT2D eigenvalue weighted by Crippen LogP contribution is 2.27. The van der Waals surface area contributed by atoms with Crippen LogP contribution in [0.5, 0.6) is 11.5 Å². The van der Waals surface area contributed by atoms with Crippen molar-refractivity contribution < 1.29 is 18.3 Å². The van der Waals surface area contributed by atoms with Gasteiger partial charge < -0.3 is 9.47 Å². The fraction of sp³-hybridized carbons (Fsp3) is 0.281. The monoisotopic (exact) mass is 499 g/mol. The van der Waals surface area contributed by atoms with Crippen LogP contribution in [0.2, 0.25) is 0 Å². The van der Waals surface area contributed by atoms with Crippen molar-refractivity contribution in [1.82, 2.24) is 0 Å². The van der Waals surface area contributed by atoms with E-state index in [4.69, 9.17) is 16.0 Å². The summed E-state index contributed by atoms with van der Waals surface area (Å²) in [5.74, 6) is 0.674. The highest BCUT2D eigenvalue weighted by Gasteiger charge is 2.07. The second-order valence-electron chi connectivity index (χ2n) is 9.13. The lowest BCUT2D eigenvalue weighted by atomic mass is 10.1. The van der Waals surface area contributed by atoms with E-state index in [1.165, 1.54) is 31.0 Å². The van der Waals surface area contributed by atoms with Crippen molar-refractivity contribution in [2.45, 2.75) is 44.9 Å². The van der Waals surface area contributed by atoms with E-state index >= 15 is 0 Å². The van der Waals surface area contributed by atoms with Crippen molar-refractivity contribution in [3.63, 3.8) is 0 Å². The first-order chi connectivity index (χ1) is 18.1. The molecule has 0 aliphatic heterocycles. The average Bonchev–Trinajstić information content (AvgIpc) is 2.92. The minimum Gasteiger partial charge on any atom is -0.494 e. The van der Waals surface area contributed by atoms with Gasteiger partial charge in [-0.15, -0.1) is 0 Å². The molecule has 0 saturated carbocycles. The Morgan fingerprint density at radius 1 is 0.595 bits per heavy atom. The van der Waals surface area contributed by atoms with Gasteiger partial charge in [0.15, 0.2) is 5.69 Å². The molecule has 0 fully saturated rings. The number of hydrogen-bond donors (Lipinski definition) is 0. The van der Waals surface area contributed by atoms with Crippen LogP contribution in [0.1, 0.15) is 44.9 Å². The number of hydrogen-bond acceptors (Lipinski definition) is 2. The zero-order valence-corrected chi connectivity index (χ0v) is 20.9. The molecule has 0 N–H and O–H groups in total. The lowest BCUT2D eigenvalue weighted by molar-refractivity contribution is 0.299. The molecule has 3 nitrogen and oxygen atoms in total. The topological polar surface area (TPSA) is 22.8 Å². The summed E-state index contributed by atoms with van der Waals surface area (Å²) in [7, 11) is 0. The minimum absolute atomic E-state index is 0.339. The van der Waals surface area contributed by atoms with Gasteiger partial charge in [0.1, 0.15) is 23.1 Å². The molecule has 190 valence electrons. The molecule has 0 saturated heterocycles. The zero-order chi connectivity index (χ0) is 25.9. The van der Waals surface area contributed by atoms with Gasteiger partial charge in [0, 0.05) is 11.6 Å². The molecule has 4 aromatic carbocycles. The smallest absolute Gasteiger partial charge is 0.187 e. The summed E-state index contributed by atoms with van der Waals surface area (Å²) in [6.07, 6.45) is 7.69. The van der Waals surface area contributed by atoms with Crippen molar-refractivity contribution in [2.24, 2.45) is 0 Å². The number of ether oxygens (including phenoxy) is 2. The summed E-state index contributed by atoms with van der Waals surface area (Å²) >= 11 is 0. The Kier molecular flexibility index (Phi) is 9.48. The van der Waals surface area contributed by atoms with E-state index in [0.717, 1.165) is 48.6 Å². The number of benzene rings is 4. The molecule has 0 aromatic heterocycles. The molecule has 4 rings (SSSR count). The van der Waals surface area contributed by atoms with E-state index in [9.17, 15) is 8.78 Å². The van der Waals surface area contributed by atoms with Gasteiger partial charge >= 0.3 is 0 Å². The maximum Gasteiger partial charge on any atom is 0.187 e. The van der Waals surface area contributed by atoms with Crippen LogP contribution in [-0.2, 0) is 0 Å². The normalized spacial score (nSPS) is 10.8. The standard InChI is InChI=1S/C32H31F2NO2/c1-35-28-15-11-26-22-29(16-12-25(26)21-28)36-19-7-5-3-2-4-6-8-20-37-30-17-18-31(32(34)23-30)24-9-13-27(33)14-10-24/h9-18,21-23H,2-8,19-20H2. The number of halogens is 2. The third-order valence-electron chi connectivity index (χ3n) is 6.35. The Morgan fingerprint density at radius 2 is 1.16 bits per heavy atom. The first-order valence-corrected chi connectivity index (χ1v) is 12.8. The van der Waals surface area contributed by atoms with Crippen LogP contribution in [0.3, 0.4) is 0 Å². The molecule has 0 atom stereocenters. The van der Waals surface area contributed by atoms with Crippen molar-refractivity contribution in [1.29, 1.82) is 0 Å². The minimum atomic E-state index is -0.371. The summed E-state index contributed by atoms with van der Waals surface area (Å²) in [6.45, 7) is 8.38. The SMILES string of the molecule is [C-]#[N+]c1ccc2cc(OCCCCCCCCCOc3ccc(-c4ccc(F)cc4)c(F)c3)ccc2c1. The van der Waals surface area contributed by atoms with E-state index < -0.39 is 0 Å². The van der Waals surface area contributed by atoms with Gasteiger partial charge in [0.05, 0.1) is 19.8 Å². The Hall–Kier alpha value is -3.91. The number of rotatable bonds is 13. The summed E-state index contributed by atoms with van der Waals surface area (Å²) in [5.41, 5.74) is 1.73. The van der Waals surface area contributed by atoms with E-state index in [1.54, 1.807) is 24.3 Å². The Labute approximate surface area is 217 Å². The Bertz CT molecular complexity index is 1350. The average molecular weight is 500 g/mol. The molecule has 0 bridgehead atoms. The second kappa shape index (κ2) is 13.4. The van der Waals surface area contributed by atoms with Crippen molar-refractivity contribution in [3.8, 4) is 22.6 Å². The summed E-state index contributed by atoms with van der Waals surface area (Å²) in [6, 6.07) is 22.3. The highest BCUT2D eigenvalue weighted by molar-refractivity contribution is 5.87. The van der Waals surface area contributed by atoms with Crippen LogP contribution in [0, 0.1) is 18.2 Å². The predicted octanol–water partition coefficient (Wildman–Crippen LogP) is 9.52. The Morgan fingerprint density at radius 3 is 1.81 bits per heavy atom. The zero-order valence-electron chi connectivity index (χ0n) is 20.9. The third kappa shape index (κ3) is 7.79. The maximum atomic E-state index is 14.4. The number of nitrogens with zero attached hydrogens (tertiary/aromatic N) is 1. The number of fused-ring (bicyclic) bond motifs is 1. The van der Waals surface area contributed by atoms with Gasteiger partial charge in [-0.05, 0) is 71.6 Å². The molecule has 0 unspecified atom stereocenters. The summed E-state index contributed by atoms with van der Waals surface area (Å²) < 4.78 is 39.1. The lowest BCUT2D eigenvalue weighted by Gasteiger charge is -2.09. The van der Waals surface area contributed by atoms with Crippen molar-refractivity contribution >= 4 is 16.5 Å². The van der Waals surface area contributed by atoms with Crippen LogP contribution in [0.4, 0.5) is 14.5 Å². The van der Waals surface area contributed by atoms with Crippen LogP contribution >= 0.6 is 0 Å². The molecule has 5 heteroatoms. The van der Waals surface area contributed by atoms with Gasteiger partial charge in [-0.2, -0.15) is 0 Å².